The molecule has 2 aromatic heterocycles. The molecule has 1 spiro atoms. The Kier molecular flexibility index (Phi) is 8.34. The van der Waals surface area contributed by atoms with E-state index in [1.165, 1.54) is 28.5 Å². The molecule has 1 unspecified atom stereocenters. The highest BCUT2D eigenvalue weighted by molar-refractivity contribution is 7.10. The fourth-order valence-electron chi connectivity index (χ4n) is 4.99. The van der Waals surface area contributed by atoms with E-state index in [0.717, 1.165) is 16.0 Å². The number of nitrogen functional groups attached to an aromatic ring is 1. The van der Waals surface area contributed by atoms with Gasteiger partial charge in [-0.25, -0.2) is 9.37 Å². The number of aromatic nitrogens is 1. The summed E-state index contributed by atoms with van der Waals surface area (Å²) < 4.78 is 26.4. The first kappa shape index (κ1) is 29.3. The minimum absolute atomic E-state index is 0.000480. The molecule has 0 bridgehead atoms. The fourth-order valence-corrected chi connectivity index (χ4v) is 5.91. The molecule has 5 N–H and O–H groups in total. The maximum Gasteiger partial charge on any atom is 0.273 e. The van der Waals surface area contributed by atoms with Crippen molar-refractivity contribution in [2.75, 3.05) is 26.3 Å². The number of amidine groups is 1. The molecule has 0 saturated carbocycles. The zero-order chi connectivity index (χ0) is 30.0. The minimum Gasteiger partial charge on any atom is -0.384 e. The predicted molar refractivity (Wildman–Crippen MR) is 153 cm³/mol. The number of aryl methyl sites for hydroxylation is 1. The molecular formula is C29H31FN6O5S. The molecule has 1 aromatic carbocycles. The van der Waals surface area contributed by atoms with Gasteiger partial charge >= 0.3 is 0 Å². The first-order valence-electron chi connectivity index (χ1n) is 13.4. The van der Waals surface area contributed by atoms with Crippen molar-refractivity contribution in [1.82, 2.24) is 20.5 Å². The van der Waals surface area contributed by atoms with Crippen molar-refractivity contribution < 1.29 is 28.2 Å². The largest absolute Gasteiger partial charge is 0.384 e. The Bertz CT molecular complexity index is 1520. The van der Waals surface area contributed by atoms with Gasteiger partial charge in [-0.15, -0.1) is 11.3 Å². The highest BCUT2D eigenvalue weighted by Gasteiger charge is 2.52. The smallest absolute Gasteiger partial charge is 0.273 e. The van der Waals surface area contributed by atoms with E-state index in [2.05, 4.69) is 15.6 Å². The summed E-state index contributed by atoms with van der Waals surface area (Å²) in [4.78, 5) is 45.5. The number of carbonyl (C=O) groups excluding carboxylic acids is 3. The third kappa shape index (κ3) is 6.17. The molecule has 3 aromatic rings. The van der Waals surface area contributed by atoms with Gasteiger partial charge in [0.2, 0.25) is 11.8 Å². The maximum atomic E-state index is 14.8. The number of ether oxygens (including phenoxy) is 2. The van der Waals surface area contributed by atoms with Gasteiger partial charge in [-0.2, -0.15) is 0 Å². The summed E-state index contributed by atoms with van der Waals surface area (Å²) in [6, 6.07) is 9.08. The van der Waals surface area contributed by atoms with Crippen LogP contribution >= 0.6 is 11.3 Å². The van der Waals surface area contributed by atoms with E-state index in [1.807, 2.05) is 31.2 Å². The summed E-state index contributed by atoms with van der Waals surface area (Å²) in [5.74, 6) is -3.84. The monoisotopic (exact) mass is 594 g/mol. The zero-order valence-electron chi connectivity index (χ0n) is 23.1. The van der Waals surface area contributed by atoms with Gasteiger partial charge in [0.05, 0.1) is 32.3 Å². The molecule has 220 valence electrons. The molecule has 13 heteroatoms. The SMILES string of the molecule is Cc1ccc(-c2cnc(C(=O)NCC(=O)N3CC4(C[C@H]3C(=O)NC(C)c3cc(C(=N)N)cs3)OCCO4)c(F)c2)cc1. The number of halogens is 1. The van der Waals surface area contributed by atoms with Gasteiger partial charge in [-0.05, 0) is 31.5 Å². The van der Waals surface area contributed by atoms with E-state index in [1.54, 1.807) is 18.4 Å². The van der Waals surface area contributed by atoms with Crippen LogP contribution in [0.5, 0.6) is 0 Å². The van der Waals surface area contributed by atoms with Crippen molar-refractivity contribution in [1.29, 1.82) is 5.41 Å². The first-order valence-corrected chi connectivity index (χ1v) is 14.2. The van der Waals surface area contributed by atoms with E-state index in [9.17, 15) is 18.8 Å². The number of nitrogens with two attached hydrogens (primary N) is 1. The molecule has 2 aliphatic rings. The van der Waals surface area contributed by atoms with Gasteiger partial charge in [-0.3, -0.25) is 19.8 Å². The molecule has 4 heterocycles. The average molecular weight is 595 g/mol. The Morgan fingerprint density at radius 3 is 2.57 bits per heavy atom. The standard InChI is InChI=1S/C29H31FN6O5S/c1-16-3-5-18(6-4-16)19-9-21(30)25(33-12-19)28(39)34-13-24(37)36-15-29(40-7-8-41-29)11-22(36)27(38)35-17(2)23-10-20(14-42-23)26(31)32/h3-6,9-10,12,14,17,22H,7-8,11,13,15H2,1-2H3,(H3,31,32)(H,34,39)(H,35,38)/t17?,22-/m0/s1. The Morgan fingerprint density at radius 2 is 1.93 bits per heavy atom. The first-order chi connectivity index (χ1) is 20.0. The topological polar surface area (TPSA) is 160 Å². The van der Waals surface area contributed by atoms with Crippen LogP contribution in [0.25, 0.3) is 11.1 Å². The average Bonchev–Trinajstić information content (AvgIpc) is 3.73. The number of likely N-dealkylation sites (tertiary alicyclic amines) is 1. The Labute approximate surface area is 245 Å². The number of benzene rings is 1. The third-order valence-corrected chi connectivity index (χ3v) is 8.40. The van der Waals surface area contributed by atoms with Crippen molar-refractivity contribution in [3.8, 4) is 11.1 Å². The summed E-state index contributed by atoms with van der Waals surface area (Å²) >= 11 is 1.36. The summed E-state index contributed by atoms with van der Waals surface area (Å²) in [7, 11) is 0. The van der Waals surface area contributed by atoms with E-state index < -0.39 is 53.6 Å². The number of carbonyl (C=O) groups is 3. The van der Waals surface area contributed by atoms with E-state index >= 15 is 0 Å². The highest BCUT2D eigenvalue weighted by Crippen LogP contribution is 2.35. The third-order valence-electron chi connectivity index (χ3n) is 7.29. The molecular weight excluding hydrogens is 563 g/mol. The normalized spacial score (nSPS) is 18.2. The van der Waals surface area contributed by atoms with Gasteiger partial charge in [0.1, 0.15) is 11.9 Å². The number of hydrogen-bond donors (Lipinski definition) is 4. The molecule has 2 fully saturated rings. The number of hydrogen-bond acceptors (Lipinski definition) is 8. The summed E-state index contributed by atoms with van der Waals surface area (Å²) in [6.45, 7) is 3.91. The van der Waals surface area contributed by atoms with Crippen LogP contribution in [0.4, 0.5) is 4.39 Å². The van der Waals surface area contributed by atoms with E-state index in [-0.39, 0.29) is 18.8 Å². The van der Waals surface area contributed by atoms with Crippen LogP contribution in [0.2, 0.25) is 0 Å². The van der Waals surface area contributed by atoms with Gasteiger partial charge in [0.25, 0.3) is 5.91 Å². The fraction of sp³-hybridized carbons (Fsp3) is 0.345. The number of nitrogens with one attached hydrogen (secondary N) is 3. The van der Waals surface area contributed by atoms with E-state index in [0.29, 0.717) is 24.3 Å². The lowest BCUT2D eigenvalue weighted by Crippen LogP contribution is -2.49. The molecule has 2 aliphatic heterocycles. The molecule has 2 atom stereocenters. The number of nitrogens with zero attached hydrogens (tertiary/aromatic N) is 2. The van der Waals surface area contributed by atoms with Crippen LogP contribution in [-0.2, 0) is 19.1 Å². The molecule has 0 radical (unpaired) electrons. The predicted octanol–water partition coefficient (Wildman–Crippen LogP) is 2.49. The van der Waals surface area contributed by atoms with E-state index in [4.69, 9.17) is 20.6 Å². The minimum atomic E-state index is -1.12. The lowest BCUT2D eigenvalue weighted by atomic mass is 10.1. The second-order valence-electron chi connectivity index (χ2n) is 10.3. The lowest BCUT2D eigenvalue weighted by molar-refractivity contribution is -0.152. The number of thiophene rings is 1. The molecule has 0 aliphatic carbocycles. The van der Waals surface area contributed by atoms with Crippen LogP contribution in [0.3, 0.4) is 0 Å². The number of amides is 3. The summed E-state index contributed by atoms with van der Waals surface area (Å²) in [5, 5.41) is 14.7. The van der Waals surface area contributed by atoms with Crippen molar-refractivity contribution in [3.05, 3.63) is 75.5 Å². The van der Waals surface area contributed by atoms with Crippen LogP contribution in [-0.4, -0.2) is 71.6 Å². The second kappa shape index (κ2) is 12.0. The lowest BCUT2D eigenvalue weighted by Gasteiger charge is -2.25. The van der Waals surface area contributed by atoms with Crippen LogP contribution < -0.4 is 16.4 Å². The number of pyridine rings is 1. The Balaban J connectivity index is 1.25. The molecule has 3 amide bonds. The van der Waals surface area contributed by atoms with Crippen molar-refractivity contribution in [3.63, 3.8) is 0 Å². The van der Waals surface area contributed by atoms with Gasteiger partial charge in [0.15, 0.2) is 17.3 Å². The quantitative estimate of drug-likeness (QED) is 0.230. The van der Waals surface area contributed by atoms with Crippen molar-refractivity contribution in [2.24, 2.45) is 5.73 Å². The molecule has 11 nitrogen and oxygen atoms in total. The molecule has 2 saturated heterocycles. The second-order valence-corrected chi connectivity index (χ2v) is 11.3. The summed E-state index contributed by atoms with van der Waals surface area (Å²) in [6.07, 6.45) is 1.52. The molecule has 42 heavy (non-hydrogen) atoms. The van der Waals surface area contributed by atoms with Gasteiger partial charge in [-0.1, -0.05) is 29.8 Å². The van der Waals surface area contributed by atoms with Crippen LogP contribution in [0.15, 0.2) is 48.0 Å². The molecule has 5 rings (SSSR count). The zero-order valence-corrected chi connectivity index (χ0v) is 23.9. The van der Waals surface area contributed by atoms with Crippen LogP contribution in [0.1, 0.15) is 45.9 Å². The van der Waals surface area contributed by atoms with Crippen molar-refractivity contribution in [2.45, 2.75) is 38.1 Å². The summed E-state index contributed by atoms with van der Waals surface area (Å²) in [5.41, 5.74) is 8.00. The Morgan fingerprint density at radius 1 is 1.21 bits per heavy atom. The van der Waals surface area contributed by atoms with Crippen molar-refractivity contribution >= 4 is 34.9 Å². The Hall–Kier alpha value is -4.20. The van der Waals surface area contributed by atoms with Gasteiger partial charge < -0.3 is 30.7 Å². The highest BCUT2D eigenvalue weighted by atomic mass is 32.1. The number of rotatable bonds is 8. The van der Waals surface area contributed by atoms with Gasteiger partial charge in [0, 0.05) is 34.0 Å². The van der Waals surface area contributed by atoms with Crippen LogP contribution in [0, 0.1) is 18.2 Å². The maximum absolute atomic E-state index is 14.8.